The lowest BCUT2D eigenvalue weighted by Gasteiger charge is -2.29. The van der Waals surface area contributed by atoms with E-state index in [1.165, 1.54) is 18.2 Å². The monoisotopic (exact) mass is 565 g/mol. The number of aromatic nitrogens is 1. The summed E-state index contributed by atoms with van der Waals surface area (Å²) in [5.41, 5.74) is 2.17. The lowest BCUT2D eigenvalue weighted by Crippen LogP contribution is -2.41. The van der Waals surface area contributed by atoms with E-state index in [0.717, 1.165) is 16.6 Å². The van der Waals surface area contributed by atoms with E-state index in [0.29, 0.717) is 37.6 Å². The Morgan fingerprint density at radius 3 is 2.39 bits per heavy atom. The number of sulfonamides is 1. The Balaban J connectivity index is 1.31. The number of fused-ring (bicyclic) bond motifs is 1. The number of halogens is 1. The van der Waals surface area contributed by atoms with Crippen LogP contribution in [0.2, 0.25) is 0 Å². The van der Waals surface area contributed by atoms with Gasteiger partial charge in [0.15, 0.2) is 0 Å². The first-order valence-electron chi connectivity index (χ1n) is 12.5. The Morgan fingerprint density at radius 1 is 1.05 bits per heavy atom. The Morgan fingerprint density at radius 2 is 1.74 bits per heavy atom. The number of hydrogen-bond acceptors (Lipinski definition) is 5. The van der Waals surface area contributed by atoms with Gasteiger partial charge in [-0.2, -0.15) is 8.42 Å². The molecule has 1 aliphatic rings. The number of carbonyl (C=O) groups is 1. The first-order valence-corrected chi connectivity index (χ1v) is 15.6. The average molecular weight is 566 g/mol. The van der Waals surface area contributed by atoms with Crippen molar-refractivity contribution < 1.29 is 30.6 Å². The minimum atomic E-state index is -4.03. The maximum Gasteiger partial charge on any atom is 0.264 e. The van der Waals surface area contributed by atoms with Gasteiger partial charge in [0, 0.05) is 23.2 Å². The van der Waals surface area contributed by atoms with Crippen molar-refractivity contribution in [3.8, 4) is 0 Å². The summed E-state index contributed by atoms with van der Waals surface area (Å²) in [6.45, 7) is 1.84. The quantitative estimate of drug-likeness (QED) is 0.275. The molecule has 3 aromatic rings. The van der Waals surface area contributed by atoms with Crippen molar-refractivity contribution in [1.82, 2.24) is 15.0 Å². The van der Waals surface area contributed by atoms with E-state index in [1.807, 2.05) is 13.0 Å². The number of aryl methyl sites for hydroxylation is 1. The highest BCUT2D eigenvalue weighted by molar-refractivity contribution is 7.89. The lowest BCUT2D eigenvalue weighted by molar-refractivity contribution is -0.126. The average Bonchev–Trinajstić information content (AvgIpc) is 3.26. The minimum absolute atomic E-state index is 0.0901. The molecule has 0 unspecified atom stereocenters. The van der Waals surface area contributed by atoms with Crippen LogP contribution in [0.5, 0.6) is 0 Å². The van der Waals surface area contributed by atoms with Crippen LogP contribution in [0.15, 0.2) is 53.4 Å². The molecule has 1 atom stereocenters. The van der Waals surface area contributed by atoms with Crippen LogP contribution in [-0.4, -0.2) is 44.1 Å². The van der Waals surface area contributed by atoms with Crippen molar-refractivity contribution in [3.63, 3.8) is 0 Å². The topological polar surface area (TPSA) is 145 Å². The van der Waals surface area contributed by atoms with Crippen LogP contribution in [0.3, 0.4) is 0 Å². The maximum absolute atomic E-state index is 13.1. The first kappa shape index (κ1) is 28.2. The third-order valence-corrected chi connectivity index (χ3v) is 9.28. The number of carbonyl (C=O) groups excluding carboxylic acids is 1. The molecule has 4 rings (SSSR count). The summed E-state index contributed by atoms with van der Waals surface area (Å²) in [5.74, 6) is -0.983. The van der Waals surface area contributed by atoms with E-state index in [9.17, 15) is 26.0 Å². The molecular weight excluding hydrogens is 533 g/mol. The van der Waals surface area contributed by atoms with E-state index < -0.39 is 20.1 Å². The fourth-order valence-corrected chi connectivity index (χ4v) is 6.68. The summed E-state index contributed by atoms with van der Waals surface area (Å²) in [5, 5.41) is 3.77. The Labute approximate surface area is 222 Å². The zero-order chi connectivity index (χ0) is 27.5. The van der Waals surface area contributed by atoms with Gasteiger partial charge in [-0.15, -0.1) is 0 Å². The zero-order valence-corrected chi connectivity index (χ0v) is 22.6. The van der Waals surface area contributed by atoms with E-state index in [1.54, 1.807) is 24.3 Å². The second-order valence-corrected chi connectivity index (χ2v) is 13.2. The molecule has 206 valence electrons. The highest BCUT2D eigenvalue weighted by atomic mass is 32.2. The molecule has 1 aliphatic carbocycles. The second kappa shape index (κ2) is 11.5. The van der Waals surface area contributed by atoms with Crippen LogP contribution < -0.4 is 10.0 Å². The largest absolute Gasteiger partial charge is 0.358 e. The molecule has 38 heavy (non-hydrogen) atoms. The molecule has 0 bridgehead atoms. The Bertz CT molecular complexity index is 1500. The van der Waals surface area contributed by atoms with Crippen LogP contribution in [0.25, 0.3) is 10.9 Å². The van der Waals surface area contributed by atoms with E-state index in [-0.39, 0.29) is 46.8 Å². The molecule has 12 heteroatoms. The third-order valence-electron chi connectivity index (χ3n) is 6.96. The van der Waals surface area contributed by atoms with E-state index in [2.05, 4.69) is 15.0 Å². The molecule has 0 aliphatic heterocycles. The molecule has 9 nitrogen and oxygen atoms in total. The van der Waals surface area contributed by atoms with Gasteiger partial charge in [-0.25, -0.2) is 17.5 Å². The molecule has 0 radical (unpaired) electrons. The third kappa shape index (κ3) is 7.40. The Kier molecular flexibility index (Phi) is 8.55. The highest BCUT2D eigenvalue weighted by Gasteiger charge is 2.30. The number of aromatic amines is 1. The van der Waals surface area contributed by atoms with Gasteiger partial charge >= 0.3 is 0 Å². The van der Waals surface area contributed by atoms with Crippen LogP contribution in [-0.2, 0) is 31.4 Å². The van der Waals surface area contributed by atoms with Crippen LogP contribution in [0.1, 0.15) is 56.3 Å². The fraction of sp³-hybridized carbons (Fsp3) is 0.423. The maximum atomic E-state index is 13.1. The summed E-state index contributed by atoms with van der Waals surface area (Å²) in [4.78, 5) is 16.0. The van der Waals surface area contributed by atoms with E-state index in [4.69, 9.17) is 4.55 Å². The second-order valence-electron chi connectivity index (χ2n) is 9.88. The molecule has 1 amide bonds. The fourth-order valence-electron chi connectivity index (χ4n) is 4.84. The van der Waals surface area contributed by atoms with Gasteiger partial charge < -0.3 is 10.3 Å². The molecule has 1 fully saturated rings. The van der Waals surface area contributed by atoms with Crippen LogP contribution >= 0.6 is 0 Å². The molecule has 0 saturated heterocycles. The van der Waals surface area contributed by atoms with Gasteiger partial charge in [-0.1, -0.05) is 18.2 Å². The number of benzene rings is 2. The summed E-state index contributed by atoms with van der Waals surface area (Å²) in [6, 6.07) is 12.0. The van der Waals surface area contributed by atoms with Gasteiger partial charge in [0.25, 0.3) is 10.1 Å². The van der Waals surface area contributed by atoms with E-state index >= 15 is 0 Å². The number of hydrogen-bond donors (Lipinski definition) is 4. The van der Waals surface area contributed by atoms with Gasteiger partial charge in [0.1, 0.15) is 5.82 Å². The normalized spacial score (nSPS) is 19.3. The molecule has 2 aromatic carbocycles. The highest BCUT2D eigenvalue weighted by Crippen LogP contribution is 2.27. The molecule has 1 heterocycles. The molecular formula is C26H32FN3O6S2. The Hall–Kier alpha value is -2.80. The van der Waals surface area contributed by atoms with Gasteiger partial charge in [-0.3, -0.25) is 9.35 Å². The summed E-state index contributed by atoms with van der Waals surface area (Å²) < 4.78 is 72.7. The van der Waals surface area contributed by atoms with Crippen LogP contribution in [0, 0.1) is 11.7 Å². The van der Waals surface area contributed by atoms with Crippen molar-refractivity contribution in [2.24, 2.45) is 5.92 Å². The summed E-state index contributed by atoms with van der Waals surface area (Å²) >= 11 is 0. The molecule has 1 aromatic heterocycles. The predicted octanol–water partition coefficient (Wildman–Crippen LogP) is 3.84. The zero-order valence-electron chi connectivity index (χ0n) is 21.0. The summed E-state index contributed by atoms with van der Waals surface area (Å²) in [7, 11) is -7.81. The molecule has 1 saturated carbocycles. The van der Waals surface area contributed by atoms with Crippen molar-refractivity contribution in [1.29, 1.82) is 0 Å². The number of amides is 1. The van der Waals surface area contributed by atoms with Crippen molar-refractivity contribution in [2.45, 2.75) is 62.4 Å². The number of nitrogens with one attached hydrogen (secondary N) is 3. The predicted molar refractivity (Wildman–Crippen MR) is 142 cm³/mol. The van der Waals surface area contributed by atoms with Gasteiger partial charge in [0.2, 0.25) is 15.9 Å². The SMILES string of the molecule is C[C@@H](NC(=O)[C@H]1CC[C@H](NS(=O)(=O)c2ccc3cc(CCCS(=O)(=O)O)[nH]c3c2)CC1)c1ccc(F)cc1. The standard InChI is InChI=1S/C26H32FN3O6S2/c1-17(18-4-9-21(27)10-5-18)28-26(31)19-6-11-22(12-7-19)30-38(35,36)24-13-8-20-15-23(29-25(20)16-24)3-2-14-37(32,33)34/h4-5,8-10,13,15-17,19,22,29-30H,2-3,6-7,11-12,14H2,1H3,(H,28,31)(H,32,33,34)/t17-,19-,22-/m1/s1. The summed E-state index contributed by atoms with van der Waals surface area (Å²) in [6.07, 6.45) is 2.81. The molecule has 4 N–H and O–H groups in total. The first-order chi connectivity index (χ1) is 17.9. The van der Waals surface area contributed by atoms with Crippen molar-refractivity contribution >= 4 is 37.0 Å². The van der Waals surface area contributed by atoms with Crippen molar-refractivity contribution in [2.75, 3.05) is 5.75 Å². The van der Waals surface area contributed by atoms with Crippen LogP contribution in [0.4, 0.5) is 4.39 Å². The van der Waals surface area contributed by atoms with Crippen molar-refractivity contribution in [3.05, 3.63) is 65.6 Å². The number of rotatable bonds is 10. The molecule has 0 spiro atoms. The smallest absolute Gasteiger partial charge is 0.264 e. The lowest BCUT2D eigenvalue weighted by atomic mass is 9.85. The van der Waals surface area contributed by atoms with Gasteiger partial charge in [0.05, 0.1) is 16.7 Å². The van der Waals surface area contributed by atoms with Gasteiger partial charge in [-0.05, 0) is 86.7 Å². The minimum Gasteiger partial charge on any atom is -0.358 e. The number of H-pyrrole nitrogens is 1.